The number of hydrogen-bond donors (Lipinski definition) is 1. The van der Waals surface area contributed by atoms with E-state index in [9.17, 15) is 4.79 Å². The molecule has 2 N–H and O–H groups in total. The molecule has 1 aliphatic heterocycles. The Balaban J connectivity index is 2.65. The highest BCUT2D eigenvalue weighted by atomic mass is 16.2. The monoisotopic (exact) mass is 212 g/mol. The van der Waals surface area contributed by atoms with Crippen LogP contribution in [0.3, 0.4) is 0 Å². The van der Waals surface area contributed by atoms with E-state index in [4.69, 9.17) is 5.73 Å². The van der Waals surface area contributed by atoms with Gasteiger partial charge in [0.05, 0.1) is 0 Å². The molecule has 3 heteroatoms. The van der Waals surface area contributed by atoms with E-state index in [0.29, 0.717) is 12.5 Å². The predicted molar refractivity (Wildman–Crippen MR) is 62.5 cm³/mol. The van der Waals surface area contributed by atoms with Crippen molar-refractivity contribution in [2.45, 2.75) is 52.0 Å². The minimum absolute atomic E-state index is 0.150. The Kier molecular flexibility index (Phi) is 5.09. The number of amides is 1. The third-order valence-corrected chi connectivity index (χ3v) is 3.47. The van der Waals surface area contributed by atoms with Crippen molar-refractivity contribution in [2.75, 3.05) is 13.1 Å². The molecule has 1 saturated heterocycles. The lowest BCUT2D eigenvalue weighted by molar-refractivity contribution is -0.137. The van der Waals surface area contributed by atoms with E-state index >= 15 is 0 Å². The number of hydrogen-bond acceptors (Lipinski definition) is 2. The largest absolute Gasteiger partial charge is 0.338 e. The first kappa shape index (κ1) is 12.5. The Hall–Kier alpha value is -0.570. The van der Waals surface area contributed by atoms with Crippen molar-refractivity contribution in [1.29, 1.82) is 0 Å². The molecule has 1 aliphatic rings. The van der Waals surface area contributed by atoms with Crippen molar-refractivity contribution in [3.05, 3.63) is 0 Å². The molecule has 0 aliphatic carbocycles. The van der Waals surface area contributed by atoms with Crippen LogP contribution >= 0.6 is 0 Å². The van der Waals surface area contributed by atoms with Gasteiger partial charge in [0.25, 0.3) is 0 Å². The predicted octanol–water partition coefficient (Wildman–Crippen LogP) is 1.76. The quantitative estimate of drug-likeness (QED) is 0.775. The van der Waals surface area contributed by atoms with Crippen molar-refractivity contribution in [3.63, 3.8) is 0 Å². The van der Waals surface area contributed by atoms with Crippen LogP contribution in [0.1, 0.15) is 46.0 Å². The summed E-state index contributed by atoms with van der Waals surface area (Å²) in [6, 6.07) is 0.286. The van der Waals surface area contributed by atoms with Gasteiger partial charge in [-0.05, 0) is 19.3 Å². The first-order chi connectivity index (χ1) is 7.20. The molecule has 2 unspecified atom stereocenters. The second kappa shape index (κ2) is 6.11. The molecule has 1 fully saturated rings. The maximum Gasteiger partial charge on any atom is 0.225 e. The molecule has 15 heavy (non-hydrogen) atoms. The van der Waals surface area contributed by atoms with Crippen LogP contribution in [0.15, 0.2) is 0 Å². The van der Waals surface area contributed by atoms with E-state index < -0.39 is 0 Å². The molecule has 3 nitrogen and oxygen atoms in total. The second-order valence-corrected chi connectivity index (χ2v) is 4.58. The van der Waals surface area contributed by atoms with Crippen LogP contribution in [-0.4, -0.2) is 29.9 Å². The molecular formula is C12H24N2O. The lowest BCUT2D eigenvalue weighted by Crippen LogP contribution is -2.46. The summed E-state index contributed by atoms with van der Waals surface area (Å²) in [5, 5.41) is 0. The molecule has 0 bridgehead atoms. The number of carbonyl (C=O) groups is 1. The van der Waals surface area contributed by atoms with Gasteiger partial charge in [-0.3, -0.25) is 4.79 Å². The van der Waals surface area contributed by atoms with E-state index in [1.165, 1.54) is 12.8 Å². The van der Waals surface area contributed by atoms with Crippen LogP contribution < -0.4 is 5.73 Å². The van der Waals surface area contributed by atoms with Gasteiger partial charge in [-0.25, -0.2) is 0 Å². The van der Waals surface area contributed by atoms with Gasteiger partial charge >= 0.3 is 0 Å². The van der Waals surface area contributed by atoms with Gasteiger partial charge in [0.15, 0.2) is 0 Å². The van der Waals surface area contributed by atoms with Crippen molar-refractivity contribution < 1.29 is 4.79 Å². The maximum atomic E-state index is 12.1. The molecule has 1 rings (SSSR count). The average molecular weight is 212 g/mol. The molecular weight excluding hydrogens is 188 g/mol. The minimum Gasteiger partial charge on any atom is -0.338 e. The number of carbonyl (C=O) groups excluding carboxylic acids is 1. The third-order valence-electron chi connectivity index (χ3n) is 3.47. The van der Waals surface area contributed by atoms with Crippen LogP contribution in [0, 0.1) is 5.92 Å². The highest BCUT2D eigenvalue weighted by Crippen LogP contribution is 2.19. The smallest absolute Gasteiger partial charge is 0.225 e. The summed E-state index contributed by atoms with van der Waals surface area (Å²) < 4.78 is 0. The lowest BCUT2D eigenvalue weighted by Gasteiger charge is -2.31. The van der Waals surface area contributed by atoms with Crippen LogP contribution in [0.25, 0.3) is 0 Å². The summed E-state index contributed by atoms with van der Waals surface area (Å²) in [5.74, 6) is 0.451. The Labute approximate surface area is 93.0 Å². The summed E-state index contributed by atoms with van der Waals surface area (Å²) in [4.78, 5) is 14.2. The fourth-order valence-electron chi connectivity index (χ4n) is 2.17. The number of nitrogens with zero attached hydrogens (tertiary/aromatic N) is 1. The maximum absolute atomic E-state index is 12.1. The molecule has 0 aromatic carbocycles. The van der Waals surface area contributed by atoms with E-state index in [0.717, 1.165) is 25.8 Å². The van der Waals surface area contributed by atoms with Gasteiger partial charge in [0.1, 0.15) is 0 Å². The Morgan fingerprint density at radius 1 is 1.47 bits per heavy atom. The van der Waals surface area contributed by atoms with Crippen molar-refractivity contribution in [2.24, 2.45) is 11.7 Å². The molecule has 0 radical (unpaired) electrons. The molecule has 0 saturated carbocycles. The fourth-order valence-corrected chi connectivity index (χ4v) is 2.17. The first-order valence-electron chi connectivity index (χ1n) is 6.21. The third kappa shape index (κ3) is 3.20. The first-order valence-corrected chi connectivity index (χ1v) is 6.21. The van der Waals surface area contributed by atoms with Crippen molar-refractivity contribution >= 4 is 5.91 Å². The normalized spacial score (nSPS) is 24.7. The molecule has 2 atom stereocenters. The highest BCUT2D eigenvalue weighted by Gasteiger charge is 2.26. The van der Waals surface area contributed by atoms with E-state index in [-0.39, 0.29) is 12.0 Å². The van der Waals surface area contributed by atoms with Gasteiger partial charge in [-0.1, -0.05) is 26.7 Å². The summed E-state index contributed by atoms with van der Waals surface area (Å²) in [7, 11) is 0. The minimum atomic E-state index is 0.150. The van der Waals surface area contributed by atoms with Crippen LogP contribution in [-0.2, 0) is 4.79 Å². The van der Waals surface area contributed by atoms with Gasteiger partial charge < -0.3 is 10.6 Å². The van der Waals surface area contributed by atoms with Gasteiger partial charge in [-0.15, -0.1) is 0 Å². The summed E-state index contributed by atoms with van der Waals surface area (Å²) >= 11 is 0. The topological polar surface area (TPSA) is 46.3 Å². The average Bonchev–Trinajstić information content (AvgIpc) is 2.51. The van der Waals surface area contributed by atoms with Gasteiger partial charge in [-0.2, -0.15) is 0 Å². The SMILES string of the molecule is CCC(C)C(=O)N1CCCCCC1CN. The van der Waals surface area contributed by atoms with Crippen molar-refractivity contribution in [3.8, 4) is 0 Å². The van der Waals surface area contributed by atoms with Crippen LogP contribution in [0.2, 0.25) is 0 Å². The molecule has 0 spiro atoms. The molecule has 0 aromatic rings. The zero-order valence-electron chi connectivity index (χ0n) is 10.0. The molecule has 1 heterocycles. The molecule has 88 valence electrons. The summed E-state index contributed by atoms with van der Waals surface area (Å²) in [6.45, 7) is 5.60. The Morgan fingerprint density at radius 2 is 2.20 bits per heavy atom. The number of nitrogens with two attached hydrogens (primary N) is 1. The summed E-state index contributed by atoms with van der Waals surface area (Å²) in [5.41, 5.74) is 5.75. The van der Waals surface area contributed by atoms with E-state index in [1.807, 2.05) is 11.8 Å². The summed E-state index contributed by atoms with van der Waals surface area (Å²) in [6.07, 6.45) is 5.59. The number of likely N-dealkylation sites (tertiary alicyclic amines) is 1. The van der Waals surface area contributed by atoms with Crippen LogP contribution in [0.4, 0.5) is 0 Å². The Morgan fingerprint density at radius 3 is 2.80 bits per heavy atom. The zero-order valence-corrected chi connectivity index (χ0v) is 10.0. The van der Waals surface area contributed by atoms with Gasteiger partial charge in [0.2, 0.25) is 5.91 Å². The fraction of sp³-hybridized carbons (Fsp3) is 0.917. The van der Waals surface area contributed by atoms with Crippen LogP contribution in [0.5, 0.6) is 0 Å². The lowest BCUT2D eigenvalue weighted by atomic mass is 10.0. The highest BCUT2D eigenvalue weighted by molar-refractivity contribution is 5.78. The number of rotatable bonds is 3. The molecule has 1 amide bonds. The van der Waals surface area contributed by atoms with Gasteiger partial charge in [0, 0.05) is 25.0 Å². The standard InChI is InChI=1S/C12H24N2O/c1-3-10(2)12(15)14-8-6-4-5-7-11(14)9-13/h10-11H,3-9,13H2,1-2H3. The molecule has 0 aromatic heterocycles. The second-order valence-electron chi connectivity index (χ2n) is 4.58. The van der Waals surface area contributed by atoms with E-state index in [1.54, 1.807) is 0 Å². The Bertz CT molecular complexity index is 206. The van der Waals surface area contributed by atoms with Crippen molar-refractivity contribution in [1.82, 2.24) is 4.90 Å². The van der Waals surface area contributed by atoms with E-state index in [2.05, 4.69) is 6.92 Å². The zero-order chi connectivity index (χ0) is 11.3.